The van der Waals surface area contributed by atoms with Crippen molar-refractivity contribution in [3.63, 3.8) is 0 Å². The van der Waals surface area contributed by atoms with Crippen molar-refractivity contribution in [2.24, 2.45) is 5.41 Å². The lowest BCUT2D eigenvalue weighted by Crippen LogP contribution is -2.27. The Labute approximate surface area is 192 Å². The number of carbonyl (C=O) groups is 3. The number of benzene rings is 1. The number of aryl methyl sites for hydroxylation is 1. The molecule has 0 aliphatic rings. The van der Waals surface area contributed by atoms with Gasteiger partial charge in [0.1, 0.15) is 11.4 Å². The van der Waals surface area contributed by atoms with Crippen LogP contribution in [0.15, 0.2) is 24.3 Å². The van der Waals surface area contributed by atoms with Gasteiger partial charge in [0.05, 0.1) is 22.7 Å². The number of ether oxygens (including phenoxy) is 2. The maximum atomic E-state index is 12.8. The van der Waals surface area contributed by atoms with Crippen LogP contribution in [0, 0.1) is 12.3 Å². The third-order valence-electron chi connectivity index (χ3n) is 4.13. The fourth-order valence-electron chi connectivity index (χ4n) is 2.55. The van der Waals surface area contributed by atoms with E-state index in [9.17, 15) is 14.4 Å². The van der Waals surface area contributed by atoms with Gasteiger partial charge < -0.3 is 20.1 Å². The van der Waals surface area contributed by atoms with Gasteiger partial charge in [-0.3, -0.25) is 14.9 Å². The number of hydrogen-bond donors (Lipinski definition) is 3. The highest BCUT2D eigenvalue weighted by molar-refractivity contribution is 7.18. The van der Waals surface area contributed by atoms with Crippen molar-refractivity contribution < 1.29 is 23.9 Å². The number of carbonyl (C=O) groups excluding carboxylic acids is 3. The molecule has 0 radical (unpaired) electrons. The summed E-state index contributed by atoms with van der Waals surface area (Å²) in [6.07, 6.45) is -0.632. The molecule has 1 heterocycles. The van der Waals surface area contributed by atoms with E-state index in [-0.39, 0.29) is 11.8 Å². The van der Waals surface area contributed by atoms with Crippen molar-refractivity contribution in [1.82, 2.24) is 0 Å². The van der Waals surface area contributed by atoms with Crippen LogP contribution in [0.3, 0.4) is 0 Å². The Bertz CT molecular complexity index is 1020. The Morgan fingerprint density at radius 3 is 2.16 bits per heavy atom. The van der Waals surface area contributed by atoms with Gasteiger partial charge in [0, 0.05) is 11.1 Å². The van der Waals surface area contributed by atoms with Crippen LogP contribution in [-0.2, 0) is 9.53 Å². The molecule has 8 nitrogen and oxygen atoms in total. The third-order valence-corrected chi connectivity index (χ3v) is 5.29. The van der Waals surface area contributed by atoms with Gasteiger partial charge in [-0.1, -0.05) is 20.8 Å². The summed E-state index contributed by atoms with van der Waals surface area (Å²) in [5.41, 5.74) is 0.383. The summed E-state index contributed by atoms with van der Waals surface area (Å²) in [6, 6.07) is 6.67. The number of hydrogen-bond acceptors (Lipinski definition) is 6. The van der Waals surface area contributed by atoms with Crippen LogP contribution < -0.4 is 20.7 Å². The zero-order chi connectivity index (χ0) is 24.3. The molecule has 1 aromatic carbocycles. The molecule has 32 heavy (non-hydrogen) atoms. The molecule has 1 aromatic heterocycles. The van der Waals surface area contributed by atoms with Gasteiger partial charge in [-0.05, 0) is 57.5 Å². The van der Waals surface area contributed by atoms with Crippen molar-refractivity contribution in [3.8, 4) is 5.75 Å². The van der Waals surface area contributed by atoms with E-state index in [4.69, 9.17) is 9.47 Å². The Morgan fingerprint density at radius 2 is 1.59 bits per heavy atom. The largest absolute Gasteiger partial charge is 0.495 e. The first-order valence-electron chi connectivity index (χ1n) is 10.1. The van der Waals surface area contributed by atoms with Crippen LogP contribution >= 0.6 is 11.3 Å². The second kappa shape index (κ2) is 9.60. The van der Waals surface area contributed by atoms with Crippen molar-refractivity contribution in [3.05, 3.63) is 34.7 Å². The summed E-state index contributed by atoms with van der Waals surface area (Å²) in [6.45, 7) is 12.6. The van der Waals surface area contributed by atoms with Crippen LogP contribution in [0.4, 0.5) is 21.2 Å². The third kappa shape index (κ3) is 6.98. The fourth-order valence-corrected chi connectivity index (χ4v) is 3.52. The molecule has 3 N–H and O–H groups in total. The second-order valence-electron chi connectivity index (χ2n) is 9.32. The van der Waals surface area contributed by atoms with Crippen molar-refractivity contribution in [2.75, 3.05) is 23.1 Å². The van der Waals surface area contributed by atoms with Crippen LogP contribution in [0.5, 0.6) is 5.75 Å². The standard InChI is InChI=1S/C23H31N3O5S/c1-13-11-17(26-20(28)22(2,3)4)32-18(13)19(27)24-14-9-10-16(30-8)15(12-14)25-21(29)31-23(5,6)7/h9-12H,1-8H3,(H,24,27)(H,25,29)(H,26,28). The average Bonchev–Trinajstić information content (AvgIpc) is 3.00. The molecule has 0 atom stereocenters. The SMILES string of the molecule is COc1ccc(NC(=O)c2sc(NC(=O)C(C)(C)C)cc2C)cc1NC(=O)OC(C)(C)C. The van der Waals surface area contributed by atoms with Crippen molar-refractivity contribution in [2.45, 2.75) is 54.1 Å². The zero-order valence-electron chi connectivity index (χ0n) is 19.8. The van der Waals surface area contributed by atoms with E-state index in [1.54, 1.807) is 45.0 Å². The predicted octanol–water partition coefficient (Wildman–Crippen LogP) is 5.65. The molecule has 2 rings (SSSR count). The van der Waals surface area contributed by atoms with Gasteiger partial charge in [0.2, 0.25) is 5.91 Å². The summed E-state index contributed by atoms with van der Waals surface area (Å²) in [5.74, 6) is -0.0239. The van der Waals surface area contributed by atoms with E-state index in [1.165, 1.54) is 18.4 Å². The fraction of sp³-hybridized carbons (Fsp3) is 0.435. The van der Waals surface area contributed by atoms with E-state index in [0.717, 1.165) is 5.56 Å². The zero-order valence-corrected chi connectivity index (χ0v) is 20.6. The Hall–Kier alpha value is -3.07. The molecule has 0 saturated carbocycles. The predicted molar refractivity (Wildman–Crippen MR) is 128 cm³/mol. The molecule has 0 spiro atoms. The van der Waals surface area contributed by atoms with E-state index in [2.05, 4.69) is 16.0 Å². The number of amides is 3. The number of anilines is 3. The molecule has 0 aliphatic heterocycles. The first kappa shape index (κ1) is 25.2. The molecule has 3 amide bonds. The first-order chi connectivity index (χ1) is 14.7. The Morgan fingerprint density at radius 1 is 0.938 bits per heavy atom. The van der Waals surface area contributed by atoms with Crippen LogP contribution in [0.2, 0.25) is 0 Å². The van der Waals surface area contributed by atoms with Gasteiger partial charge in [0.15, 0.2) is 0 Å². The lowest BCUT2D eigenvalue weighted by molar-refractivity contribution is -0.123. The van der Waals surface area contributed by atoms with Gasteiger partial charge in [-0.2, -0.15) is 0 Å². The Kier molecular flexibility index (Phi) is 7.56. The minimum absolute atomic E-state index is 0.126. The van der Waals surface area contributed by atoms with Crippen LogP contribution in [0.1, 0.15) is 56.8 Å². The normalized spacial score (nSPS) is 11.5. The molecular weight excluding hydrogens is 430 g/mol. The summed E-state index contributed by atoms with van der Waals surface area (Å²) < 4.78 is 10.6. The molecule has 9 heteroatoms. The smallest absolute Gasteiger partial charge is 0.412 e. The molecule has 0 saturated heterocycles. The molecule has 0 bridgehead atoms. The highest BCUT2D eigenvalue weighted by Crippen LogP contribution is 2.31. The quantitative estimate of drug-likeness (QED) is 0.534. The first-order valence-corrected chi connectivity index (χ1v) is 10.9. The maximum Gasteiger partial charge on any atom is 0.412 e. The van der Waals surface area contributed by atoms with E-state index >= 15 is 0 Å². The van der Waals surface area contributed by atoms with Crippen LogP contribution in [-0.4, -0.2) is 30.6 Å². The van der Waals surface area contributed by atoms with E-state index < -0.39 is 17.1 Å². The average molecular weight is 462 g/mol. The number of nitrogens with one attached hydrogen (secondary N) is 3. The molecule has 0 aliphatic carbocycles. The summed E-state index contributed by atoms with van der Waals surface area (Å²) in [4.78, 5) is 37.7. The summed E-state index contributed by atoms with van der Waals surface area (Å²) >= 11 is 1.20. The number of thiophene rings is 1. The molecule has 0 fully saturated rings. The van der Waals surface area contributed by atoms with Gasteiger partial charge >= 0.3 is 6.09 Å². The van der Waals surface area contributed by atoms with Gasteiger partial charge in [-0.15, -0.1) is 11.3 Å². The highest BCUT2D eigenvalue weighted by Gasteiger charge is 2.23. The molecular formula is C23H31N3O5S. The minimum atomic E-state index is -0.653. The minimum Gasteiger partial charge on any atom is -0.495 e. The lowest BCUT2D eigenvalue weighted by Gasteiger charge is -2.20. The van der Waals surface area contributed by atoms with Crippen molar-refractivity contribution >= 4 is 45.6 Å². The molecule has 2 aromatic rings. The van der Waals surface area contributed by atoms with Gasteiger partial charge in [0.25, 0.3) is 5.91 Å². The Balaban J connectivity index is 2.18. The van der Waals surface area contributed by atoms with Crippen LogP contribution in [0.25, 0.3) is 0 Å². The topological polar surface area (TPSA) is 106 Å². The summed E-state index contributed by atoms with van der Waals surface area (Å²) in [5, 5.41) is 8.91. The monoisotopic (exact) mass is 461 g/mol. The highest BCUT2D eigenvalue weighted by atomic mass is 32.1. The lowest BCUT2D eigenvalue weighted by atomic mass is 9.96. The number of methoxy groups -OCH3 is 1. The second-order valence-corrected chi connectivity index (χ2v) is 10.4. The maximum absolute atomic E-state index is 12.8. The van der Waals surface area contributed by atoms with E-state index in [1.807, 2.05) is 27.7 Å². The number of rotatable bonds is 5. The summed E-state index contributed by atoms with van der Waals surface area (Å²) in [7, 11) is 1.48. The molecule has 0 unspecified atom stereocenters. The van der Waals surface area contributed by atoms with Gasteiger partial charge in [-0.25, -0.2) is 4.79 Å². The van der Waals surface area contributed by atoms with Crippen molar-refractivity contribution in [1.29, 1.82) is 0 Å². The molecule has 174 valence electrons. The van der Waals surface area contributed by atoms with E-state index in [0.29, 0.717) is 27.0 Å².